The molecular weight excluding hydrogens is 306 g/mol. The summed E-state index contributed by atoms with van der Waals surface area (Å²) >= 11 is 0. The smallest absolute Gasteiger partial charge is 0.337 e. The van der Waals surface area contributed by atoms with Gasteiger partial charge in [0.2, 0.25) is 0 Å². The van der Waals surface area contributed by atoms with Gasteiger partial charge in [-0.2, -0.15) is 15.0 Å². The lowest BCUT2D eigenvalue weighted by atomic mass is 10.2. The Morgan fingerprint density at radius 3 is 2.46 bits per heavy atom. The quantitative estimate of drug-likeness (QED) is 0.797. The summed E-state index contributed by atoms with van der Waals surface area (Å²) in [4.78, 5) is 28.4. The van der Waals surface area contributed by atoms with E-state index in [0.717, 1.165) is 0 Å². The van der Waals surface area contributed by atoms with Crippen LogP contribution in [0.4, 0.5) is 4.79 Å². The molecule has 0 atom stereocenters. The van der Waals surface area contributed by atoms with Crippen LogP contribution < -0.4 is 0 Å². The number of nitriles is 1. The molecular formula is C17H17N5O2. The first-order valence-corrected chi connectivity index (χ1v) is 7.77. The minimum Gasteiger partial charge on any atom is -0.337 e. The van der Waals surface area contributed by atoms with E-state index in [-0.39, 0.29) is 11.9 Å². The maximum absolute atomic E-state index is 12.5. The fourth-order valence-electron chi connectivity index (χ4n) is 2.71. The summed E-state index contributed by atoms with van der Waals surface area (Å²) in [5.41, 5.74) is 1.00. The van der Waals surface area contributed by atoms with Crippen LogP contribution in [0, 0.1) is 11.3 Å². The Morgan fingerprint density at radius 2 is 1.75 bits per heavy atom. The zero-order chi connectivity index (χ0) is 16.9. The highest BCUT2D eigenvalue weighted by Crippen LogP contribution is 2.10. The highest BCUT2D eigenvalue weighted by molar-refractivity contribution is 5.94. The molecule has 7 heteroatoms. The standard InChI is InChI=1S/C17H17N5O2/c18-11-14-12-19-22(13-14)17(24)21-8-4-7-20(9-10-21)16(23)15-5-2-1-3-6-15/h1-3,5-6,12-13H,4,7-10H2. The van der Waals surface area contributed by atoms with E-state index < -0.39 is 0 Å². The highest BCUT2D eigenvalue weighted by Gasteiger charge is 2.23. The minimum absolute atomic E-state index is 0.0178. The Balaban J connectivity index is 1.66. The molecule has 1 aliphatic rings. The Kier molecular flexibility index (Phi) is 4.57. The van der Waals surface area contributed by atoms with Crippen LogP contribution in [-0.4, -0.2) is 57.7 Å². The van der Waals surface area contributed by atoms with E-state index in [1.807, 2.05) is 24.3 Å². The monoisotopic (exact) mass is 323 g/mol. The van der Waals surface area contributed by atoms with Gasteiger partial charge in [0.1, 0.15) is 6.07 Å². The summed E-state index contributed by atoms with van der Waals surface area (Å²) in [5.74, 6) is -0.0178. The first kappa shape index (κ1) is 15.7. The predicted octanol–water partition coefficient (Wildman–Crippen LogP) is 1.57. The molecule has 0 spiro atoms. The van der Waals surface area contributed by atoms with Gasteiger partial charge in [-0.3, -0.25) is 4.79 Å². The van der Waals surface area contributed by atoms with E-state index in [4.69, 9.17) is 5.26 Å². The maximum Gasteiger partial charge on any atom is 0.344 e. The zero-order valence-corrected chi connectivity index (χ0v) is 13.1. The molecule has 0 radical (unpaired) electrons. The molecule has 1 fully saturated rings. The normalized spacial score (nSPS) is 14.8. The Bertz CT molecular complexity index is 778. The van der Waals surface area contributed by atoms with Crippen LogP contribution in [0.3, 0.4) is 0 Å². The summed E-state index contributed by atoms with van der Waals surface area (Å²) in [6.07, 6.45) is 3.48. The molecule has 24 heavy (non-hydrogen) atoms. The lowest BCUT2D eigenvalue weighted by Crippen LogP contribution is -2.39. The first-order valence-electron chi connectivity index (χ1n) is 7.77. The SMILES string of the molecule is N#Cc1cnn(C(=O)N2CCCN(C(=O)c3ccccc3)CC2)c1. The van der Waals surface area contributed by atoms with Crippen LogP contribution in [-0.2, 0) is 0 Å². The molecule has 0 aliphatic carbocycles. The Hall–Kier alpha value is -3.14. The van der Waals surface area contributed by atoms with E-state index >= 15 is 0 Å². The van der Waals surface area contributed by atoms with Crippen molar-refractivity contribution in [2.45, 2.75) is 6.42 Å². The maximum atomic E-state index is 12.5. The van der Waals surface area contributed by atoms with Crippen molar-refractivity contribution < 1.29 is 9.59 Å². The molecule has 0 unspecified atom stereocenters. The van der Waals surface area contributed by atoms with Crippen molar-refractivity contribution in [1.82, 2.24) is 19.6 Å². The fraction of sp³-hybridized carbons (Fsp3) is 0.294. The minimum atomic E-state index is -0.273. The van der Waals surface area contributed by atoms with Gasteiger partial charge >= 0.3 is 6.03 Å². The van der Waals surface area contributed by atoms with Gasteiger partial charge in [-0.05, 0) is 18.6 Å². The van der Waals surface area contributed by atoms with Gasteiger partial charge < -0.3 is 9.80 Å². The highest BCUT2D eigenvalue weighted by atomic mass is 16.2. The lowest BCUT2D eigenvalue weighted by Gasteiger charge is -2.22. The van der Waals surface area contributed by atoms with Gasteiger partial charge in [0, 0.05) is 31.7 Å². The molecule has 1 aromatic heterocycles. The van der Waals surface area contributed by atoms with E-state index in [2.05, 4.69) is 5.10 Å². The molecule has 122 valence electrons. The topological polar surface area (TPSA) is 82.2 Å². The van der Waals surface area contributed by atoms with Crippen LogP contribution in [0.1, 0.15) is 22.3 Å². The van der Waals surface area contributed by atoms with Gasteiger partial charge in [-0.1, -0.05) is 18.2 Å². The molecule has 0 bridgehead atoms. The lowest BCUT2D eigenvalue weighted by molar-refractivity contribution is 0.0762. The number of benzene rings is 1. The largest absolute Gasteiger partial charge is 0.344 e. The summed E-state index contributed by atoms with van der Waals surface area (Å²) in [7, 11) is 0. The first-order chi connectivity index (χ1) is 11.7. The third kappa shape index (κ3) is 3.27. The summed E-state index contributed by atoms with van der Waals surface area (Å²) in [6.45, 7) is 2.09. The summed E-state index contributed by atoms with van der Waals surface area (Å²) in [5, 5.41) is 12.7. The number of nitrogens with zero attached hydrogens (tertiary/aromatic N) is 5. The average molecular weight is 323 g/mol. The number of aromatic nitrogens is 2. The molecule has 0 saturated carbocycles. The van der Waals surface area contributed by atoms with Crippen molar-refractivity contribution >= 4 is 11.9 Å². The van der Waals surface area contributed by atoms with E-state index in [1.54, 1.807) is 21.9 Å². The number of carbonyl (C=O) groups excluding carboxylic acids is 2. The predicted molar refractivity (Wildman–Crippen MR) is 86.3 cm³/mol. The third-order valence-electron chi connectivity index (χ3n) is 3.98. The van der Waals surface area contributed by atoms with Crippen LogP contribution in [0.5, 0.6) is 0 Å². The van der Waals surface area contributed by atoms with Gasteiger partial charge in [0.25, 0.3) is 5.91 Å². The van der Waals surface area contributed by atoms with Gasteiger partial charge in [-0.15, -0.1) is 0 Å². The number of amides is 2. The van der Waals surface area contributed by atoms with E-state index in [9.17, 15) is 9.59 Å². The summed E-state index contributed by atoms with van der Waals surface area (Å²) < 4.78 is 1.17. The molecule has 7 nitrogen and oxygen atoms in total. The number of carbonyl (C=O) groups is 2. The number of hydrogen-bond acceptors (Lipinski definition) is 4. The zero-order valence-electron chi connectivity index (χ0n) is 13.1. The molecule has 1 saturated heterocycles. The van der Waals surface area contributed by atoms with E-state index in [0.29, 0.717) is 43.7 Å². The van der Waals surface area contributed by atoms with Crippen LogP contribution in [0.15, 0.2) is 42.7 Å². The van der Waals surface area contributed by atoms with Crippen molar-refractivity contribution in [2.75, 3.05) is 26.2 Å². The van der Waals surface area contributed by atoms with Crippen LogP contribution >= 0.6 is 0 Å². The van der Waals surface area contributed by atoms with Crippen molar-refractivity contribution in [3.8, 4) is 6.07 Å². The van der Waals surface area contributed by atoms with Crippen LogP contribution in [0.25, 0.3) is 0 Å². The van der Waals surface area contributed by atoms with Crippen molar-refractivity contribution in [2.24, 2.45) is 0 Å². The van der Waals surface area contributed by atoms with Crippen molar-refractivity contribution in [1.29, 1.82) is 5.26 Å². The third-order valence-corrected chi connectivity index (χ3v) is 3.98. The van der Waals surface area contributed by atoms with Crippen molar-refractivity contribution in [3.05, 3.63) is 53.9 Å². The van der Waals surface area contributed by atoms with Gasteiger partial charge in [-0.25, -0.2) is 4.79 Å². The second kappa shape index (κ2) is 6.96. The number of hydrogen-bond donors (Lipinski definition) is 0. The second-order valence-electron chi connectivity index (χ2n) is 5.57. The average Bonchev–Trinajstić information content (AvgIpc) is 2.98. The second-order valence-corrected chi connectivity index (χ2v) is 5.57. The molecule has 2 heterocycles. The molecule has 3 rings (SSSR count). The van der Waals surface area contributed by atoms with Crippen molar-refractivity contribution in [3.63, 3.8) is 0 Å². The van der Waals surface area contributed by atoms with Gasteiger partial charge in [0.05, 0.1) is 18.0 Å². The molecule has 2 aromatic rings. The van der Waals surface area contributed by atoms with Gasteiger partial charge in [0.15, 0.2) is 0 Å². The Morgan fingerprint density at radius 1 is 1.04 bits per heavy atom. The molecule has 1 aliphatic heterocycles. The number of rotatable bonds is 1. The molecule has 1 aromatic carbocycles. The summed E-state index contributed by atoms with van der Waals surface area (Å²) in [6, 6.07) is 10.8. The molecule has 2 amide bonds. The van der Waals surface area contributed by atoms with E-state index in [1.165, 1.54) is 17.1 Å². The Labute approximate surface area is 139 Å². The molecule has 0 N–H and O–H groups in total. The van der Waals surface area contributed by atoms with Crippen LogP contribution in [0.2, 0.25) is 0 Å². The fourth-order valence-corrected chi connectivity index (χ4v) is 2.71.